The van der Waals surface area contributed by atoms with Gasteiger partial charge >= 0.3 is 0 Å². The van der Waals surface area contributed by atoms with Crippen molar-refractivity contribution in [2.75, 3.05) is 0 Å². The number of nitriles is 2. The van der Waals surface area contributed by atoms with Crippen LogP contribution in [-0.2, 0) is 5.41 Å². The first-order chi connectivity index (χ1) is 35.6. The van der Waals surface area contributed by atoms with Gasteiger partial charge in [-0.2, -0.15) is 10.5 Å². The van der Waals surface area contributed by atoms with Crippen LogP contribution in [0.2, 0.25) is 0 Å². The molecule has 1 aromatic heterocycles. The minimum absolute atomic E-state index is 0.110. The Labute approximate surface area is 426 Å². The van der Waals surface area contributed by atoms with Gasteiger partial charge in [0.25, 0.3) is 0 Å². The van der Waals surface area contributed by atoms with E-state index in [4.69, 9.17) is 13.1 Å². The molecule has 0 radical (unpaired) electrons. The summed E-state index contributed by atoms with van der Waals surface area (Å²) in [6.07, 6.45) is 0. The summed E-state index contributed by atoms with van der Waals surface area (Å²) in [5.41, 5.74) is 19.5. The lowest BCUT2D eigenvalue weighted by Gasteiger charge is -2.24. The topological polar surface area (TPSA) is 61.2 Å². The molecule has 0 N–H and O–H groups in total. The van der Waals surface area contributed by atoms with E-state index < -0.39 is 0 Å². The maximum Gasteiger partial charge on any atom is 0.194 e. The molecule has 0 aliphatic rings. The van der Waals surface area contributed by atoms with Crippen LogP contribution in [0.5, 0.6) is 0 Å². The first-order valence-electron chi connectivity index (χ1n) is 24.2. The summed E-state index contributed by atoms with van der Waals surface area (Å²) in [5.74, 6) is 0. The van der Waals surface area contributed by atoms with E-state index in [1.807, 2.05) is 97.1 Å². The van der Waals surface area contributed by atoms with E-state index in [0.29, 0.717) is 22.5 Å². The van der Waals surface area contributed by atoms with E-state index in [1.54, 1.807) is 0 Å². The predicted octanol–water partition coefficient (Wildman–Crippen LogP) is 18.6. The molecule has 0 spiro atoms. The van der Waals surface area contributed by atoms with Crippen LogP contribution in [0.4, 0.5) is 11.4 Å². The number of benzene rings is 10. The summed E-state index contributed by atoms with van der Waals surface area (Å²) < 4.78 is 2.39. The molecule has 73 heavy (non-hydrogen) atoms. The van der Waals surface area contributed by atoms with E-state index in [9.17, 15) is 10.5 Å². The second-order valence-electron chi connectivity index (χ2n) is 19.3. The van der Waals surface area contributed by atoms with E-state index in [2.05, 4.69) is 168 Å². The number of rotatable bonds is 8. The van der Waals surface area contributed by atoms with Gasteiger partial charge in [0.1, 0.15) is 0 Å². The summed E-state index contributed by atoms with van der Waals surface area (Å²) in [4.78, 5) is 7.81. The Kier molecular flexibility index (Phi) is 11.6. The normalized spacial score (nSPS) is 11.2. The SMILES string of the molecule is [C-]#[N+]c1ccccc1-c1cc(-c2ccc3c(c2)c2cc(-c4cc(-c5ccccc5C#N)cc(-c5ccccc5[N+]#[C-])c4)ccc2n3-c2ccccc2-c2ccccc2C(C)(C)C)cc(-c2ccccc2C#N)c1. The molecule has 10 aromatic carbocycles. The molecule has 1 heterocycles. The largest absolute Gasteiger partial charge is 0.309 e. The highest BCUT2D eigenvalue weighted by Gasteiger charge is 2.23. The van der Waals surface area contributed by atoms with Gasteiger partial charge in [0.15, 0.2) is 11.4 Å². The molecular weight excluding hydrogens is 887 g/mol. The van der Waals surface area contributed by atoms with E-state index in [-0.39, 0.29) is 5.41 Å². The molecule has 0 fully saturated rings. The average Bonchev–Trinajstić information content (AvgIpc) is 3.77. The van der Waals surface area contributed by atoms with Gasteiger partial charge in [-0.1, -0.05) is 160 Å². The number of para-hydroxylation sites is 3. The third-order valence-electron chi connectivity index (χ3n) is 13.9. The van der Waals surface area contributed by atoms with Crippen molar-refractivity contribution in [3.05, 3.63) is 258 Å². The van der Waals surface area contributed by atoms with Gasteiger partial charge in [0.2, 0.25) is 0 Å². The zero-order valence-corrected chi connectivity index (χ0v) is 40.5. The Morgan fingerprint density at radius 3 is 1.19 bits per heavy atom. The quantitative estimate of drug-likeness (QED) is 0.143. The van der Waals surface area contributed by atoms with Gasteiger partial charge < -0.3 is 4.57 Å². The fourth-order valence-corrected chi connectivity index (χ4v) is 10.4. The maximum absolute atomic E-state index is 10.3. The number of fused-ring (bicyclic) bond motifs is 3. The standard InChI is InChI=1S/C68H45N5/c1-68(2,3)62-26-14-10-24-58(62)59-25-13-17-29-65(59)73-66-32-30-44(48-34-50(54-20-8-6-18-46(54)42-69)38-52(36-48)56-22-11-15-27-63(56)71-4)40-60(66)61-41-45(31-33-67(61)73)49-35-51(55-21-9-7-19-47(55)43-70)39-53(37-49)57-23-12-16-28-64(57)72-5/h6-41H,1-3H3. The van der Waals surface area contributed by atoms with Gasteiger partial charge in [-0.3, -0.25) is 0 Å². The highest BCUT2D eigenvalue weighted by atomic mass is 15.0. The second kappa shape index (κ2) is 18.7. The van der Waals surface area contributed by atoms with Crippen molar-refractivity contribution in [1.82, 2.24) is 4.57 Å². The Bertz CT molecular complexity index is 3820. The number of aromatic nitrogens is 1. The van der Waals surface area contributed by atoms with Crippen LogP contribution in [0.25, 0.3) is 115 Å². The first kappa shape index (κ1) is 45.4. The van der Waals surface area contributed by atoms with Crippen molar-refractivity contribution in [3.8, 4) is 95.7 Å². The monoisotopic (exact) mass is 931 g/mol. The smallest absolute Gasteiger partial charge is 0.194 e. The van der Waals surface area contributed by atoms with E-state index >= 15 is 0 Å². The second-order valence-corrected chi connectivity index (χ2v) is 19.3. The molecule has 0 amide bonds. The molecule has 5 nitrogen and oxygen atoms in total. The Hall–Kier alpha value is -10.0. The van der Waals surface area contributed by atoms with Gasteiger partial charge in [-0.25, -0.2) is 9.69 Å². The summed E-state index contributed by atoms with van der Waals surface area (Å²) in [6.45, 7) is 22.9. The number of hydrogen-bond acceptors (Lipinski definition) is 2. The van der Waals surface area contributed by atoms with Crippen molar-refractivity contribution in [3.63, 3.8) is 0 Å². The van der Waals surface area contributed by atoms with E-state index in [0.717, 1.165) is 99.8 Å². The highest BCUT2D eigenvalue weighted by molar-refractivity contribution is 6.12. The number of hydrogen-bond donors (Lipinski definition) is 0. The first-order valence-corrected chi connectivity index (χ1v) is 24.2. The lowest BCUT2D eigenvalue weighted by molar-refractivity contribution is 0.592. The van der Waals surface area contributed by atoms with Crippen molar-refractivity contribution in [1.29, 1.82) is 10.5 Å². The lowest BCUT2D eigenvalue weighted by Crippen LogP contribution is -2.13. The van der Waals surface area contributed by atoms with Crippen molar-refractivity contribution >= 4 is 33.2 Å². The molecule has 0 aliphatic heterocycles. The van der Waals surface area contributed by atoms with Gasteiger partial charge in [-0.15, -0.1) is 0 Å². The Morgan fingerprint density at radius 2 is 0.740 bits per heavy atom. The lowest BCUT2D eigenvalue weighted by atomic mass is 9.81. The third kappa shape index (κ3) is 8.29. The molecule has 0 unspecified atom stereocenters. The molecule has 0 atom stereocenters. The summed E-state index contributed by atoms with van der Waals surface area (Å²) in [7, 11) is 0. The van der Waals surface area contributed by atoms with Crippen molar-refractivity contribution < 1.29 is 0 Å². The fourth-order valence-electron chi connectivity index (χ4n) is 10.4. The Balaban J connectivity index is 1.20. The van der Waals surface area contributed by atoms with E-state index in [1.165, 1.54) is 11.1 Å². The van der Waals surface area contributed by atoms with Gasteiger partial charge in [0.05, 0.1) is 53.1 Å². The van der Waals surface area contributed by atoms with Gasteiger partial charge in [-0.05, 0) is 162 Å². The maximum atomic E-state index is 10.3. The molecule has 0 bridgehead atoms. The molecule has 342 valence electrons. The summed E-state index contributed by atoms with van der Waals surface area (Å²) in [5, 5.41) is 22.6. The zero-order chi connectivity index (χ0) is 50.2. The molecule has 0 aliphatic carbocycles. The minimum Gasteiger partial charge on any atom is -0.309 e. The van der Waals surface area contributed by atoms with Crippen molar-refractivity contribution in [2.24, 2.45) is 0 Å². The fraction of sp³-hybridized carbons (Fsp3) is 0.0588. The molecule has 11 aromatic rings. The molecule has 11 rings (SSSR count). The van der Waals surface area contributed by atoms with Crippen LogP contribution in [0.3, 0.4) is 0 Å². The molecule has 0 saturated carbocycles. The van der Waals surface area contributed by atoms with Crippen LogP contribution in [0.15, 0.2) is 218 Å². The van der Waals surface area contributed by atoms with Crippen molar-refractivity contribution in [2.45, 2.75) is 26.2 Å². The minimum atomic E-state index is -0.110. The highest BCUT2D eigenvalue weighted by Crippen LogP contribution is 2.45. The average molecular weight is 932 g/mol. The molecule has 5 heteroatoms. The van der Waals surface area contributed by atoms with Crippen LogP contribution in [-0.4, -0.2) is 4.57 Å². The third-order valence-corrected chi connectivity index (χ3v) is 13.9. The van der Waals surface area contributed by atoms with Gasteiger partial charge in [0, 0.05) is 16.3 Å². The predicted molar refractivity (Wildman–Crippen MR) is 299 cm³/mol. The van der Waals surface area contributed by atoms with Crippen LogP contribution >= 0.6 is 0 Å². The van der Waals surface area contributed by atoms with Crippen LogP contribution < -0.4 is 0 Å². The summed E-state index contributed by atoms with van der Waals surface area (Å²) in [6, 6.07) is 79.0. The Morgan fingerprint density at radius 1 is 0.370 bits per heavy atom. The van der Waals surface area contributed by atoms with Crippen LogP contribution in [0.1, 0.15) is 37.5 Å². The van der Waals surface area contributed by atoms with Crippen LogP contribution in [0, 0.1) is 35.8 Å². The molecular formula is C68H45N5. The molecule has 0 saturated heterocycles. The summed E-state index contributed by atoms with van der Waals surface area (Å²) >= 11 is 0. The number of nitrogens with zero attached hydrogens (tertiary/aromatic N) is 5. The zero-order valence-electron chi connectivity index (χ0n) is 40.5.